The Hall–Kier alpha value is -1.23. The van der Waals surface area contributed by atoms with Gasteiger partial charge in [0.25, 0.3) is 0 Å². The number of rotatable bonds is 2. The summed E-state index contributed by atoms with van der Waals surface area (Å²) in [5.41, 5.74) is 0.465. The van der Waals surface area contributed by atoms with Crippen LogP contribution in [0.2, 0.25) is 0 Å². The van der Waals surface area contributed by atoms with E-state index in [0.29, 0.717) is 17.7 Å². The average molecular weight is 244 g/mol. The molecule has 2 unspecified atom stereocenters. The summed E-state index contributed by atoms with van der Waals surface area (Å²) in [7, 11) is 1.81. The van der Waals surface area contributed by atoms with E-state index in [1.54, 1.807) is 13.1 Å². The molecule has 2 rings (SSSR count). The molecule has 0 fully saturated rings. The van der Waals surface area contributed by atoms with E-state index in [9.17, 15) is 13.2 Å². The molecular formula is C12H15F3N2. The van der Waals surface area contributed by atoms with Crippen molar-refractivity contribution in [3.8, 4) is 0 Å². The predicted molar refractivity (Wildman–Crippen MR) is 61.1 cm³/mol. The quantitative estimate of drug-likeness (QED) is 0.835. The highest BCUT2D eigenvalue weighted by Crippen LogP contribution is 2.38. The van der Waals surface area contributed by atoms with Crippen LogP contribution in [0.3, 0.4) is 0 Å². The smallest absolute Gasteiger partial charge is 0.380 e. The van der Waals surface area contributed by atoms with Gasteiger partial charge in [-0.15, -0.1) is 0 Å². The van der Waals surface area contributed by atoms with Crippen LogP contribution in [0.25, 0.3) is 0 Å². The number of hydrogen-bond donors (Lipinski definition) is 2. The molecule has 17 heavy (non-hydrogen) atoms. The number of hydrogen-bond acceptors (Lipinski definition) is 2. The fourth-order valence-corrected chi connectivity index (χ4v) is 2.18. The van der Waals surface area contributed by atoms with Crippen molar-refractivity contribution in [2.45, 2.75) is 31.6 Å². The van der Waals surface area contributed by atoms with Crippen molar-refractivity contribution in [2.24, 2.45) is 0 Å². The summed E-state index contributed by atoms with van der Waals surface area (Å²) < 4.78 is 38.4. The van der Waals surface area contributed by atoms with Gasteiger partial charge in [0, 0.05) is 17.8 Å². The van der Waals surface area contributed by atoms with E-state index in [0.717, 1.165) is 6.07 Å². The number of halogens is 3. The monoisotopic (exact) mass is 244 g/mol. The van der Waals surface area contributed by atoms with E-state index in [2.05, 4.69) is 10.6 Å². The van der Waals surface area contributed by atoms with Crippen molar-refractivity contribution in [1.29, 1.82) is 0 Å². The molecule has 2 atom stereocenters. The Balaban J connectivity index is 2.32. The standard InChI is InChI=1S/C12H15F3N2/c1-7(16-2)11-6-8-9(12(13,14)15)4-3-5-10(8)17-11/h3-5,7,11,16-17H,6H2,1-2H3. The molecule has 94 valence electrons. The average Bonchev–Trinajstić information content (AvgIpc) is 2.69. The Morgan fingerprint density at radius 2 is 2.12 bits per heavy atom. The van der Waals surface area contributed by atoms with Crippen LogP contribution >= 0.6 is 0 Å². The van der Waals surface area contributed by atoms with Gasteiger partial charge in [0.2, 0.25) is 0 Å². The first-order valence-electron chi connectivity index (χ1n) is 5.56. The number of benzene rings is 1. The SMILES string of the molecule is CNC(C)C1Cc2c(cccc2C(F)(F)F)N1. The molecule has 5 heteroatoms. The fraction of sp³-hybridized carbons (Fsp3) is 0.500. The van der Waals surface area contributed by atoms with E-state index >= 15 is 0 Å². The largest absolute Gasteiger partial charge is 0.416 e. The molecule has 0 aliphatic carbocycles. The molecular weight excluding hydrogens is 229 g/mol. The van der Waals surface area contributed by atoms with Crippen molar-refractivity contribution in [2.75, 3.05) is 12.4 Å². The topological polar surface area (TPSA) is 24.1 Å². The molecule has 0 saturated heterocycles. The molecule has 0 amide bonds. The number of likely N-dealkylation sites (N-methyl/N-ethyl adjacent to an activating group) is 1. The first-order chi connectivity index (χ1) is 7.93. The maximum atomic E-state index is 12.8. The van der Waals surface area contributed by atoms with E-state index in [4.69, 9.17) is 0 Å². The second kappa shape index (κ2) is 4.22. The number of fused-ring (bicyclic) bond motifs is 1. The van der Waals surface area contributed by atoms with Gasteiger partial charge in [-0.25, -0.2) is 0 Å². The van der Waals surface area contributed by atoms with Gasteiger partial charge in [-0.3, -0.25) is 0 Å². The van der Waals surface area contributed by atoms with Gasteiger partial charge in [-0.1, -0.05) is 6.07 Å². The molecule has 0 radical (unpaired) electrons. The zero-order chi connectivity index (χ0) is 12.6. The molecule has 0 spiro atoms. The third-order valence-corrected chi connectivity index (χ3v) is 3.31. The van der Waals surface area contributed by atoms with Crippen molar-refractivity contribution in [1.82, 2.24) is 5.32 Å². The highest BCUT2D eigenvalue weighted by Gasteiger charge is 2.37. The van der Waals surface area contributed by atoms with Crippen molar-refractivity contribution in [3.63, 3.8) is 0 Å². The maximum absolute atomic E-state index is 12.8. The Kier molecular flexibility index (Phi) is 3.03. The molecule has 1 aliphatic heterocycles. The van der Waals surface area contributed by atoms with E-state index in [1.165, 1.54) is 6.07 Å². The van der Waals surface area contributed by atoms with Crippen molar-refractivity contribution < 1.29 is 13.2 Å². The minimum atomic E-state index is -4.27. The third kappa shape index (κ3) is 2.24. The molecule has 1 heterocycles. The number of alkyl halides is 3. The molecule has 2 N–H and O–H groups in total. The lowest BCUT2D eigenvalue weighted by atomic mass is 10.00. The summed E-state index contributed by atoms with van der Waals surface area (Å²) in [5, 5.41) is 6.19. The van der Waals surface area contributed by atoms with Gasteiger partial charge in [0.1, 0.15) is 0 Å². The molecule has 0 bridgehead atoms. The van der Waals surface area contributed by atoms with Crippen LogP contribution in [0.1, 0.15) is 18.1 Å². The number of anilines is 1. The second-order valence-corrected chi connectivity index (χ2v) is 4.36. The molecule has 1 aliphatic rings. The van der Waals surface area contributed by atoms with Crippen LogP contribution < -0.4 is 10.6 Å². The van der Waals surface area contributed by atoms with E-state index < -0.39 is 11.7 Å². The highest BCUT2D eigenvalue weighted by molar-refractivity contribution is 5.60. The van der Waals surface area contributed by atoms with Gasteiger partial charge in [0.15, 0.2) is 0 Å². The van der Waals surface area contributed by atoms with Gasteiger partial charge >= 0.3 is 6.18 Å². The Morgan fingerprint density at radius 3 is 2.71 bits per heavy atom. The van der Waals surface area contributed by atoms with Crippen molar-refractivity contribution >= 4 is 5.69 Å². The molecule has 0 aromatic heterocycles. The molecule has 2 nitrogen and oxygen atoms in total. The fourth-order valence-electron chi connectivity index (χ4n) is 2.18. The zero-order valence-electron chi connectivity index (χ0n) is 9.73. The summed E-state index contributed by atoms with van der Waals surface area (Å²) in [4.78, 5) is 0. The molecule has 1 aromatic rings. The van der Waals surface area contributed by atoms with Gasteiger partial charge in [0.05, 0.1) is 5.56 Å². The number of nitrogens with one attached hydrogen (secondary N) is 2. The van der Waals surface area contributed by atoms with Crippen molar-refractivity contribution in [3.05, 3.63) is 29.3 Å². The zero-order valence-corrected chi connectivity index (χ0v) is 9.73. The van der Waals surface area contributed by atoms with Crippen LogP contribution in [0, 0.1) is 0 Å². The minimum absolute atomic E-state index is 0.0125. The normalized spacial score (nSPS) is 20.9. The Bertz CT molecular complexity index is 415. The Morgan fingerprint density at radius 1 is 1.41 bits per heavy atom. The summed E-state index contributed by atoms with van der Waals surface area (Å²) in [6.45, 7) is 1.96. The molecule has 0 saturated carbocycles. The highest BCUT2D eigenvalue weighted by atomic mass is 19.4. The Labute approximate surface area is 98.2 Å². The summed E-state index contributed by atoms with van der Waals surface area (Å²) in [6.07, 6.45) is -3.86. The van der Waals surface area contributed by atoms with E-state index in [1.807, 2.05) is 6.92 Å². The van der Waals surface area contributed by atoms with Crippen LogP contribution in [0.4, 0.5) is 18.9 Å². The lowest BCUT2D eigenvalue weighted by Crippen LogP contribution is -2.38. The molecule has 1 aromatic carbocycles. The predicted octanol–water partition coefficient (Wildman–Crippen LogP) is 2.65. The first-order valence-corrected chi connectivity index (χ1v) is 5.56. The lowest BCUT2D eigenvalue weighted by molar-refractivity contribution is -0.138. The van der Waals surface area contributed by atoms with Crippen LogP contribution in [-0.4, -0.2) is 19.1 Å². The van der Waals surface area contributed by atoms with Gasteiger partial charge in [-0.2, -0.15) is 13.2 Å². The second-order valence-electron chi connectivity index (χ2n) is 4.36. The third-order valence-electron chi connectivity index (χ3n) is 3.31. The van der Waals surface area contributed by atoms with Gasteiger partial charge < -0.3 is 10.6 Å². The summed E-state index contributed by atoms with van der Waals surface area (Å²) >= 11 is 0. The van der Waals surface area contributed by atoms with Crippen LogP contribution in [0.15, 0.2) is 18.2 Å². The van der Waals surface area contributed by atoms with Gasteiger partial charge in [-0.05, 0) is 38.1 Å². The first kappa shape index (κ1) is 12.2. The lowest BCUT2D eigenvalue weighted by Gasteiger charge is -2.19. The summed E-state index contributed by atoms with van der Waals surface area (Å²) in [5.74, 6) is 0. The van der Waals surface area contributed by atoms with Crippen LogP contribution in [-0.2, 0) is 12.6 Å². The maximum Gasteiger partial charge on any atom is 0.416 e. The van der Waals surface area contributed by atoms with Crippen LogP contribution in [0.5, 0.6) is 0 Å². The minimum Gasteiger partial charge on any atom is -0.380 e. The van der Waals surface area contributed by atoms with E-state index in [-0.39, 0.29) is 12.1 Å². The summed E-state index contributed by atoms with van der Waals surface area (Å²) in [6, 6.07) is 4.43.